The van der Waals surface area contributed by atoms with Crippen LogP contribution in [0.4, 0.5) is 0 Å². The van der Waals surface area contributed by atoms with Gasteiger partial charge in [0.05, 0.1) is 6.61 Å². The Balaban J connectivity index is 0.000000640. The van der Waals surface area contributed by atoms with Crippen molar-refractivity contribution >= 4 is 0 Å². The molecule has 0 unspecified atom stereocenters. The Labute approximate surface area is 69.6 Å². The van der Waals surface area contributed by atoms with E-state index in [1.807, 2.05) is 30.3 Å². The van der Waals surface area contributed by atoms with Gasteiger partial charge in [0.25, 0.3) is 0 Å². The summed E-state index contributed by atoms with van der Waals surface area (Å²) in [6.45, 7) is 0.140. The summed E-state index contributed by atoms with van der Waals surface area (Å²) in [7, 11) is 0. The molecule has 1 aromatic rings. The molecule has 2 heteroatoms. The molecular formula is C7H8OTi+4. The van der Waals surface area contributed by atoms with E-state index in [-0.39, 0.29) is 28.3 Å². The van der Waals surface area contributed by atoms with Gasteiger partial charge in [0.1, 0.15) is 0 Å². The van der Waals surface area contributed by atoms with Crippen LogP contribution in [0.3, 0.4) is 0 Å². The van der Waals surface area contributed by atoms with Crippen molar-refractivity contribution in [2.45, 2.75) is 6.61 Å². The molecule has 0 atom stereocenters. The van der Waals surface area contributed by atoms with Crippen molar-refractivity contribution < 1.29 is 26.8 Å². The third-order valence-electron chi connectivity index (χ3n) is 1.03. The fourth-order valence-electron chi connectivity index (χ4n) is 0.583. The molecule has 0 aliphatic heterocycles. The molecule has 0 heterocycles. The molecule has 0 saturated heterocycles. The molecule has 0 fully saturated rings. The number of hydrogen-bond acceptors (Lipinski definition) is 1. The molecule has 0 amide bonds. The SMILES string of the molecule is OCc1ccccc1.[Ti+4]. The van der Waals surface area contributed by atoms with Gasteiger partial charge >= 0.3 is 21.7 Å². The van der Waals surface area contributed by atoms with Gasteiger partial charge < -0.3 is 5.11 Å². The monoisotopic (exact) mass is 156 g/mol. The van der Waals surface area contributed by atoms with Gasteiger partial charge in [0.15, 0.2) is 0 Å². The standard InChI is InChI=1S/C7H8O.Ti/c8-6-7-4-2-1-3-5-7;/h1-5,8H,6H2;/q;+4. The van der Waals surface area contributed by atoms with E-state index in [0.29, 0.717) is 0 Å². The molecule has 1 aromatic carbocycles. The molecular weight excluding hydrogens is 148 g/mol. The van der Waals surface area contributed by atoms with Gasteiger partial charge in [-0.2, -0.15) is 0 Å². The van der Waals surface area contributed by atoms with Crippen molar-refractivity contribution in [1.29, 1.82) is 0 Å². The fourth-order valence-corrected chi connectivity index (χ4v) is 0.583. The molecule has 1 rings (SSSR count). The fraction of sp³-hybridized carbons (Fsp3) is 0.143. The summed E-state index contributed by atoms with van der Waals surface area (Å²) in [6.07, 6.45) is 0. The zero-order valence-electron chi connectivity index (χ0n) is 5.04. The maximum atomic E-state index is 8.54. The van der Waals surface area contributed by atoms with Crippen molar-refractivity contribution in [2.75, 3.05) is 0 Å². The Hall–Kier alpha value is -0.106. The van der Waals surface area contributed by atoms with Crippen LogP contribution >= 0.6 is 0 Å². The number of aliphatic hydroxyl groups is 1. The second-order valence-electron chi connectivity index (χ2n) is 1.64. The van der Waals surface area contributed by atoms with Crippen molar-refractivity contribution in [2.24, 2.45) is 0 Å². The molecule has 0 bridgehead atoms. The normalized spacial score (nSPS) is 8.11. The van der Waals surface area contributed by atoms with E-state index in [1.165, 1.54) is 0 Å². The molecule has 0 aromatic heterocycles. The van der Waals surface area contributed by atoms with Crippen LogP contribution < -0.4 is 0 Å². The Morgan fingerprint density at radius 3 is 2.00 bits per heavy atom. The van der Waals surface area contributed by atoms with Crippen LogP contribution in [0.15, 0.2) is 30.3 Å². The first-order valence-electron chi connectivity index (χ1n) is 2.58. The summed E-state index contributed by atoms with van der Waals surface area (Å²) in [5.74, 6) is 0. The van der Waals surface area contributed by atoms with Gasteiger partial charge in [-0.05, 0) is 5.56 Å². The van der Waals surface area contributed by atoms with Crippen LogP contribution in [-0.2, 0) is 28.3 Å². The molecule has 42 valence electrons. The van der Waals surface area contributed by atoms with Crippen LogP contribution in [0, 0.1) is 0 Å². The van der Waals surface area contributed by atoms with Crippen molar-refractivity contribution in [3.63, 3.8) is 0 Å². The number of hydrogen-bond donors (Lipinski definition) is 1. The largest absolute Gasteiger partial charge is 4.00 e. The van der Waals surface area contributed by atoms with Gasteiger partial charge in [-0.15, -0.1) is 0 Å². The average Bonchev–Trinajstić information content (AvgIpc) is 1.90. The predicted octanol–water partition coefficient (Wildman–Crippen LogP) is 1.18. The molecule has 0 radical (unpaired) electrons. The maximum Gasteiger partial charge on any atom is 4.00 e. The third-order valence-corrected chi connectivity index (χ3v) is 1.03. The smallest absolute Gasteiger partial charge is 0.392 e. The van der Waals surface area contributed by atoms with Gasteiger partial charge in [-0.25, -0.2) is 0 Å². The molecule has 0 aliphatic carbocycles. The zero-order valence-corrected chi connectivity index (χ0v) is 6.60. The van der Waals surface area contributed by atoms with Gasteiger partial charge in [0.2, 0.25) is 0 Å². The summed E-state index contributed by atoms with van der Waals surface area (Å²) >= 11 is 0. The van der Waals surface area contributed by atoms with Crippen LogP contribution in [0.25, 0.3) is 0 Å². The zero-order chi connectivity index (χ0) is 5.82. The molecule has 0 aliphatic rings. The van der Waals surface area contributed by atoms with E-state index >= 15 is 0 Å². The minimum absolute atomic E-state index is 0. The molecule has 0 spiro atoms. The first kappa shape index (κ1) is 8.89. The quantitative estimate of drug-likeness (QED) is 0.605. The van der Waals surface area contributed by atoms with Crippen molar-refractivity contribution in [3.05, 3.63) is 35.9 Å². The first-order chi connectivity index (χ1) is 3.93. The van der Waals surface area contributed by atoms with Gasteiger partial charge in [-0.3, -0.25) is 0 Å². The number of rotatable bonds is 1. The Kier molecular flexibility index (Phi) is 4.69. The van der Waals surface area contributed by atoms with Crippen molar-refractivity contribution in [1.82, 2.24) is 0 Å². The molecule has 9 heavy (non-hydrogen) atoms. The van der Waals surface area contributed by atoms with Crippen LogP contribution in [0.5, 0.6) is 0 Å². The summed E-state index contributed by atoms with van der Waals surface area (Å²) in [6, 6.07) is 9.52. The predicted molar refractivity (Wildman–Crippen MR) is 32.4 cm³/mol. The molecule has 1 N–H and O–H groups in total. The van der Waals surface area contributed by atoms with Crippen LogP contribution in [-0.4, -0.2) is 5.11 Å². The Morgan fingerprint density at radius 2 is 1.67 bits per heavy atom. The van der Waals surface area contributed by atoms with E-state index in [9.17, 15) is 0 Å². The minimum Gasteiger partial charge on any atom is -0.392 e. The molecule has 0 saturated carbocycles. The third kappa shape index (κ3) is 2.80. The Morgan fingerprint density at radius 1 is 1.11 bits per heavy atom. The van der Waals surface area contributed by atoms with Crippen LogP contribution in [0.1, 0.15) is 5.56 Å². The maximum absolute atomic E-state index is 8.54. The van der Waals surface area contributed by atoms with Crippen LogP contribution in [0.2, 0.25) is 0 Å². The molecule has 1 nitrogen and oxygen atoms in total. The van der Waals surface area contributed by atoms with E-state index < -0.39 is 0 Å². The average molecular weight is 156 g/mol. The van der Waals surface area contributed by atoms with E-state index in [2.05, 4.69) is 0 Å². The summed E-state index contributed by atoms with van der Waals surface area (Å²) < 4.78 is 0. The van der Waals surface area contributed by atoms with E-state index in [0.717, 1.165) is 5.56 Å². The van der Waals surface area contributed by atoms with Gasteiger partial charge in [-0.1, -0.05) is 30.3 Å². The Bertz CT molecular complexity index is 150. The van der Waals surface area contributed by atoms with E-state index in [1.54, 1.807) is 0 Å². The minimum atomic E-state index is 0. The summed E-state index contributed by atoms with van der Waals surface area (Å²) in [4.78, 5) is 0. The first-order valence-corrected chi connectivity index (χ1v) is 2.58. The second kappa shape index (κ2) is 4.74. The summed E-state index contributed by atoms with van der Waals surface area (Å²) in [5.41, 5.74) is 0.965. The van der Waals surface area contributed by atoms with Gasteiger partial charge in [0, 0.05) is 0 Å². The second-order valence-corrected chi connectivity index (χ2v) is 1.64. The van der Waals surface area contributed by atoms with E-state index in [4.69, 9.17) is 5.11 Å². The topological polar surface area (TPSA) is 20.2 Å². The summed E-state index contributed by atoms with van der Waals surface area (Å²) in [5, 5.41) is 8.54. The number of aliphatic hydroxyl groups excluding tert-OH is 1. The van der Waals surface area contributed by atoms with Crippen molar-refractivity contribution in [3.8, 4) is 0 Å². The number of benzene rings is 1.